The SMILES string of the molecule is CCc1noc(-c2ccc(CCNCc3ccc(SC)c(OC)c3)cc2)n1. The van der Waals surface area contributed by atoms with Crippen LogP contribution in [0.3, 0.4) is 0 Å². The van der Waals surface area contributed by atoms with Gasteiger partial charge in [-0.3, -0.25) is 0 Å². The molecule has 0 spiro atoms. The fraction of sp³-hybridized carbons (Fsp3) is 0.333. The van der Waals surface area contributed by atoms with E-state index in [-0.39, 0.29) is 0 Å². The number of benzene rings is 2. The molecule has 1 N–H and O–H groups in total. The Hall–Kier alpha value is -2.31. The molecule has 0 bridgehead atoms. The van der Waals surface area contributed by atoms with Crippen molar-refractivity contribution in [1.82, 2.24) is 15.5 Å². The van der Waals surface area contributed by atoms with Gasteiger partial charge >= 0.3 is 0 Å². The molecule has 27 heavy (non-hydrogen) atoms. The first-order valence-electron chi connectivity index (χ1n) is 9.07. The number of nitrogens with zero attached hydrogens (tertiary/aromatic N) is 2. The van der Waals surface area contributed by atoms with Crippen LogP contribution in [0.1, 0.15) is 23.9 Å². The summed E-state index contributed by atoms with van der Waals surface area (Å²) in [7, 11) is 1.72. The summed E-state index contributed by atoms with van der Waals surface area (Å²) in [4.78, 5) is 5.52. The highest BCUT2D eigenvalue weighted by Crippen LogP contribution is 2.28. The van der Waals surface area contributed by atoms with E-state index in [1.165, 1.54) is 11.1 Å². The van der Waals surface area contributed by atoms with Crippen LogP contribution >= 0.6 is 11.8 Å². The highest BCUT2D eigenvalue weighted by Gasteiger charge is 2.07. The number of aryl methyl sites for hydroxylation is 1. The Labute approximate surface area is 164 Å². The molecule has 0 aliphatic heterocycles. The molecule has 5 nitrogen and oxygen atoms in total. The van der Waals surface area contributed by atoms with Crippen LogP contribution in [0.4, 0.5) is 0 Å². The Morgan fingerprint density at radius 1 is 1.11 bits per heavy atom. The first-order chi connectivity index (χ1) is 13.2. The average Bonchev–Trinajstić information content (AvgIpc) is 3.20. The van der Waals surface area contributed by atoms with Crippen molar-refractivity contribution in [3.8, 4) is 17.2 Å². The quantitative estimate of drug-likeness (QED) is 0.438. The van der Waals surface area contributed by atoms with Crippen molar-refractivity contribution in [1.29, 1.82) is 0 Å². The normalized spacial score (nSPS) is 10.9. The Balaban J connectivity index is 1.49. The van der Waals surface area contributed by atoms with E-state index in [2.05, 4.69) is 52.0 Å². The van der Waals surface area contributed by atoms with Gasteiger partial charge < -0.3 is 14.6 Å². The second-order valence-corrected chi connectivity index (χ2v) is 7.03. The maximum atomic E-state index is 5.44. The number of rotatable bonds is 9. The van der Waals surface area contributed by atoms with Gasteiger partial charge in [-0.25, -0.2) is 0 Å². The average molecular weight is 384 g/mol. The van der Waals surface area contributed by atoms with Crippen molar-refractivity contribution in [2.75, 3.05) is 19.9 Å². The molecule has 0 fully saturated rings. The standard InChI is InChI=1S/C21H25N3O2S/c1-4-20-23-21(26-24-20)17-8-5-15(6-9-17)11-12-22-14-16-7-10-19(27-3)18(13-16)25-2/h5-10,13,22H,4,11-12,14H2,1-3H3. The lowest BCUT2D eigenvalue weighted by molar-refractivity contribution is 0.404. The summed E-state index contributed by atoms with van der Waals surface area (Å²) in [6, 6.07) is 14.7. The van der Waals surface area contributed by atoms with Gasteiger partial charge in [0.1, 0.15) is 5.75 Å². The minimum atomic E-state index is 0.583. The third kappa shape index (κ3) is 5.11. The molecule has 0 amide bonds. The van der Waals surface area contributed by atoms with Gasteiger partial charge in [-0.05, 0) is 54.6 Å². The van der Waals surface area contributed by atoms with E-state index < -0.39 is 0 Å². The lowest BCUT2D eigenvalue weighted by atomic mass is 10.1. The molecule has 0 aliphatic rings. The lowest BCUT2D eigenvalue weighted by Gasteiger charge is -2.10. The molecule has 6 heteroatoms. The third-order valence-corrected chi connectivity index (χ3v) is 5.13. The van der Waals surface area contributed by atoms with Crippen LogP contribution in [0.5, 0.6) is 5.75 Å². The first-order valence-corrected chi connectivity index (χ1v) is 10.3. The van der Waals surface area contributed by atoms with Gasteiger partial charge in [-0.1, -0.05) is 30.3 Å². The number of ether oxygens (including phenoxy) is 1. The van der Waals surface area contributed by atoms with Gasteiger partial charge in [-0.2, -0.15) is 4.98 Å². The summed E-state index contributed by atoms with van der Waals surface area (Å²) in [6.07, 6.45) is 3.80. The van der Waals surface area contributed by atoms with Crippen molar-refractivity contribution < 1.29 is 9.26 Å². The lowest BCUT2D eigenvalue weighted by Crippen LogP contribution is -2.16. The molecule has 0 saturated heterocycles. The second kappa shape index (κ2) is 9.58. The molecular formula is C21H25N3O2S. The molecule has 0 aliphatic carbocycles. The van der Waals surface area contributed by atoms with Gasteiger partial charge in [-0.15, -0.1) is 11.8 Å². The van der Waals surface area contributed by atoms with E-state index in [0.717, 1.165) is 48.0 Å². The van der Waals surface area contributed by atoms with Crippen LogP contribution in [0, 0.1) is 0 Å². The Morgan fingerprint density at radius 2 is 1.89 bits per heavy atom. The Bertz CT molecular complexity index is 862. The number of thioether (sulfide) groups is 1. The summed E-state index contributed by atoms with van der Waals surface area (Å²) in [5.74, 6) is 2.25. The predicted octanol–water partition coefficient (Wildman–Crippen LogP) is 4.36. The molecule has 1 heterocycles. The molecule has 1 aromatic heterocycles. The summed E-state index contributed by atoms with van der Waals surface area (Å²) < 4.78 is 10.7. The van der Waals surface area contributed by atoms with E-state index in [0.29, 0.717) is 5.89 Å². The minimum Gasteiger partial charge on any atom is -0.496 e. The number of aromatic nitrogens is 2. The zero-order valence-electron chi connectivity index (χ0n) is 16.0. The van der Waals surface area contributed by atoms with Crippen LogP contribution < -0.4 is 10.1 Å². The van der Waals surface area contributed by atoms with Gasteiger partial charge in [0, 0.05) is 23.4 Å². The maximum absolute atomic E-state index is 5.44. The summed E-state index contributed by atoms with van der Waals surface area (Å²) in [5, 5.41) is 7.43. The van der Waals surface area contributed by atoms with Crippen LogP contribution in [0.2, 0.25) is 0 Å². The van der Waals surface area contributed by atoms with Gasteiger partial charge in [0.05, 0.1) is 7.11 Å². The van der Waals surface area contributed by atoms with E-state index in [4.69, 9.17) is 9.26 Å². The van der Waals surface area contributed by atoms with E-state index in [1.54, 1.807) is 18.9 Å². The zero-order chi connectivity index (χ0) is 19.1. The summed E-state index contributed by atoms with van der Waals surface area (Å²) in [5.41, 5.74) is 3.46. The third-order valence-electron chi connectivity index (χ3n) is 4.35. The molecule has 0 unspecified atom stereocenters. The topological polar surface area (TPSA) is 60.2 Å². The smallest absolute Gasteiger partial charge is 0.257 e. The molecule has 0 saturated carbocycles. The van der Waals surface area contributed by atoms with Crippen molar-refractivity contribution in [3.63, 3.8) is 0 Å². The highest BCUT2D eigenvalue weighted by atomic mass is 32.2. The summed E-state index contributed by atoms with van der Waals surface area (Å²) in [6.45, 7) is 3.75. The number of hydrogen-bond donors (Lipinski definition) is 1. The van der Waals surface area contributed by atoms with Crippen molar-refractivity contribution in [2.24, 2.45) is 0 Å². The van der Waals surface area contributed by atoms with E-state index in [9.17, 15) is 0 Å². The fourth-order valence-corrected chi connectivity index (χ4v) is 3.33. The Kier molecular flexibility index (Phi) is 6.90. The largest absolute Gasteiger partial charge is 0.496 e. The number of nitrogens with one attached hydrogen (secondary N) is 1. The minimum absolute atomic E-state index is 0.583. The summed E-state index contributed by atoms with van der Waals surface area (Å²) >= 11 is 1.70. The van der Waals surface area contributed by atoms with Crippen LogP contribution in [0.25, 0.3) is 11.5 Å². The monoisotopic (exact) mass is 383 g/mol. The molecule has 0 radical (unpaired) electrons. The second-order valence-electron chi connectivity index (χ2n) is 6.18. The van der Waals surface area contributed by atoms with Crippen LogP contribution in [-0.4, -0.2) is 30.1 Å². The molecule has 3 aromatic rings. The van der Waals surface area contributed by atoms with Gasteiger partial charge in [0.15, 0.2) is 5.82 Å². The first kappa shape index (κ1) is 19.5. The zero-order valence-corrected chi connectivity index (χ0v) is 16.8. The van der Waals surface area contributed by atoms with Crippen molar-refractivity contribution in [3.05, 3.63) is 59.4 Å². The molecular weight excluding hydrogens is 358 g/mol. The van der Waals surface area contributed by atoms with Crippen LogP contribution in [-0.2, 0) is 19.4 Å². The molecule has 2 aromatic carbocycles. The van der Waals surface area contributed by atoms with Crippen molar-refractivity contribution >= 4 is 11.8 Å². The van der Waals surface area contributed by atoms with E-state index >= 15 is 0 Å². The van der Waals surface area contributed by atoms with Crippen LogP contribution in [0.15, 0.2) is 51.9 Å². The van der Waals surface area contributed by atoms with Gasteiger partial charge in [0.25, 0.3) is 5.89 Å². The highest BCUT2D eigenvalue weighted by molar-refractivity contribution is 7.98. The Morgan fingerprint density at radius 3 is 2.56 bits per heavy atom. The van der Waals surface area contributed by atoms with Crippen molar-refractivity contribution in [2.45, 2.75) is 31.2 Å². The maximum Gasteiger partial charge on any atom is 0.257 e. The fourth-order valence-electron chi connectivity index (χ4n) is 2.78. The van der Waals surface area contributed by atoms with Gasteiger partial charge in [0.2, 0.25) is 0 Å². The molecule has 0 atom stereocenters. The number of methoxy groups -OCH3 is 1. The van der Waals surface area contributed by atoms with E-state index in [1.807, 2.05) is 19.1 Å². The predicted molar refractivity (Wildman–Crippen MR) is 109 cm³/mol. The molecule has 3 rings (SSSR count). The number of hydrogen-bond acceptors (Lipinski definition) is 6. The molecule has 142 valence electrons.